The van der Waals surface area contributed by atoms with Gasteiger partial charge in [0.15, 0.2) is 6.61 Å². The van der Waals surface area contributed by atoms with E-state index in [0.717, 1.165) is 15.8 Å². The number of carbonyl (C=O) groups is 1. The third-order valence-electron chi connectivity index (χ3n) is 2.70. The van der Waals surface area contributed by atoms with Gasteiger partial charge >= 0.3 is 0 Å². The largest absolute Gasteiger partial charge is 0.497 e. The van der Waals surface area contributed by atoms with Crippen molar-refractivity contribution in [1.82, 2.24) is 5.43 Å². The van der Waals surface area contributed by atoms with Gasteiger partial charge in [-0.15, -0.1) is 0 Å². The van der Waals surface area contributed by atoms with Gasteiger partial charge < -0.3 is 9.47 Å². The molecule has 0 fully saturated rings. The van der Waals surface area contributed by atoms with Crippen molar-refractivity contribution in [2.75, 3.05) is 13.7 Å². The second-order valence-electron chi connectivity index (χ2n) is 4.31. The summed E-state index contributed by atoms with van der Waals surface area (Å²) in [7, 11) is 1.61. The summed E-state index contributed by atoms with van der Waals surface area (Å²) in [4.78, 5) is 11.6. The predicted octanol–water partition coefficient (Wildman–Crippen LogP) is 2.99. The van der Waals surface area contributed by atoms with Gasteiger partial charge in [0, 0.05) is 4.47 Å². The van der Waals surface area contributed by atoms with Gasteiger partial charge in [-0.2, -0.15) is 5.10 Å². The van der Waals surface area contributed by atoms with E-state index in [0.29, 0.717) is 5.75 Å². The Morgan fingerprint density at radius 3 is 2.41 bits per heavy atom. The summed E-state index contributed by atoms with van der Waals surface area (Å²) >= 11 is 3.33. The normalized spacial score (nSPS) is 10.5. The zero-order valence-electron chi connectivity index (χ0n) is 12.0. The highest BCUT2D eigenvalue weighted by atomic mass is 79.9. The van der Waals surface area contributed by atoms with E-state index in [2.05, 4.69) is 26.5 Å². The van der Waals surface area contributed by atoms with Crippen LogP contribution < -0.4 is 14.9 Å². The monoisotopic (exact) mass is 362 g/mol. The van der Waals surface area contributed by atoms with Crippen molar-refractivity contribution in [3.05, 3.63) is 58.6 Å². The Balaban J connectivity index is 1.76. The van der Waals surface area contributed by atoms with E-state index in [1.54, 1.807) is 25.5 Å². The maximum atomic E-state index is 11.6. The molecule has 1 amide bonds. The number of ether oxygens (including phenoxy) is 2. The lowest BCUT2D eigenvalue weighted by molar-refractivity contribution is -0.123. The molecule has 22 heavy (non-hydrogen) atoms. The van der Waals surface area contributed by atoms with E-state index in [9.17, 15) is 4.79 Å². The standard InChI is InChI=1S/C16H15BrN2O3/c1-21-14-6-2-12(3-7-14)10-18-19-16(20)11-22-15-8-4-13(17)5-9-15/h2-10H,11H2,1H3,(H,19,20)/b18-10+. The van der Waals surface area contributed by atoms with Crippen LogP contribution in [-0.4, -0.2) is 25.8 Å². The van der Waals surface area contributed by atoms with Gasteiger partial charge in [-0.05, 0) is 54.1 Å². The highest BCUT2D eigenvalue weighted by Crippen LogP contribution is 2.15. The van der Waals surface area contributed by atoms with Crippen LogP contribution in [-0.2, 0) is 4.79 Å². The number of methoxy groups -OCH3 is 1. The van der Waals surface area contributed by atoms with Crippen molar-refractivity contribution < 1.29 is 14.3 Å². The zero-order valence-corrected chi connectivity index (χ0v) is 13.5. The van der Waals surface area contributed by atoms with Crippen LogP contribution >= 0.6 is 15.9 Å². The number of nitrogens with zero attached hydrogens (tertiary/aromatic N) is 1. The number of hydrogen-bond donors (Lipinski definition) is 1. The van der Waals surface area contributed by atoms with Gasteiger partial charge in [0.2, 0.25) is 0 Å². The van der Waals surface area contributed by atoms with Crippen LogP contribution in [0.15, 0.2) is 58.1 Å². The molecule has 0 aliphatic heterocycles. The van der Waals surface area contributed by atoms with Crippen LogP contribution in [0.2, 0.25) is 0 Å². The molecule has 0 aromatic heterocycles. The van der Waals surface area contributed by atoms with Crippen LogP contribution in [0.1, 0.15) is 5.56 Å². The molecule has 0 saturated heterocycles. The molecule has 0 bridgehead atoms. The molecule has 2 aromatic carbocycles. The summed E-state index contributed by atoms with van der Waals surface area (Å²) in [6.07, 6.45) is 1.55. The third kappa shape index (κ3) is 5.21. The molecule has 0 saturated carbocycles. The van der Waals surface area contributed by atoms with E-state index in [1.165, 1.54) is 0 Å². The van der Waals surface area contributed by atoms with Gasteiger partial charge in [0.25, 0.3) is 5.91 Å². The fourth-order valence-electron chi connectivity index (χ4n) is 1.58. The van der Waals surface area contributed by atoms with Crippen molar-refractivity contribution in [1.29, 1.82) is 0 Å². The number of benzene rings is 2. The molecule has 5 nitrogen and oxygen atoms in total. The Hall–Kier alpha value is -2.34. The minimum Gasteiger partial charge on any atom is -0.497 e. The lowest BCUT2D eigenvalue weighted by Gasteiger charge is -2.04. The molecule has 6 heteroatoms. The second kappa shape index (κ2) is 8.19. The molecule has 2 aromatic rings. The van der Waals surface area contributed by atoms with E-state index in [1.807, 2.05) is 36.4 Å². The third-order valence-corrected chi connectivity index (χ3v) is 3.23. The van der Waals surface area contributed by atoms with Gasteiger partial charge in [-0.3, -0.25) is 4.79 Å². The summed E-state index contributed by atoms with van der Waals surface area (Å²) in [5, 5.41) is 3.87. The lowest BCUT2D eigenvalue weighted by Crippen LogP contribution is -2.24. The van der Waals surface area contributed by atoms with Crippen molar-refractivity contribution >= 4 is 28.1 Å². The Bertz CT molecular complexity index is 639. The fourth-order valence-corrected chi connectivity index (χ4v) is 1.85. The van der Waals surface area contributed by atoms with E-state index in [-0.39, 0.29) is 12.5 Å². The number of rotatable bonds is 6. The van der Waals surface area contributed by atoms with Gasteiger partial charge in [-0.1, -0.05) is 15.9 Å². The van der Waals surface area contributed by atoms with Crippen molar-refractivity contribution in [3.63, 3.8) is 0 Å². The summed E-state index contributed by atoms with van der Waals surface area (Å²) < 4.78 is 11.3. The topological polar surface area (TPSA) is 59.9 Å². The van der Waals surface area contributed by atoms with Crippen LogP contribution in [0.5, 0.6) is 11.5 Å². The molecule has 0 unspecified atom stereocenters. The summed E-state index contributed by atoms with van der Waals surface area (Å²) in [6, 6.07) is 14.6. The van der Waals surface area contributed by atoms with Crippen LogP contribution in [0, 0.1) is 0 Å². The molecule has 0 atom stereocenters. The molecule has 0 aliphatic carbocycles. The zero-order chi connectivity index (χ0) is 15.8. The minimum atomic E-state index is -0.326. The summed E-state index contributed by atoms with van der Waals surface area (Å²) in [6.45, 7) is -0.0956. The maximum absolute atomic E-state index is 11.6. The molecular formula is C16H15BrN2O3. The van der Waals surface area contributed by atoms with Crippen LogP contribution in [0.25, 0.3) is 0 Å². The summed E-state index contributed by atoms with van der Waals surface area (Å²) in [5.41, 5.74) is 3.26. The van der Waals surface area contributed by atoms with Gasteiger partial charge in [-0.25, -0.2) is 5.43 Å². The molecule has 2 rings (SSSR count). The molecule has 0 spiro atoms. The predicted molar refractivity (Wildman–Crippen MR) is 88.4 cm³/mol. The van der Waals surface area contributed by atoms with E-state index in [4.69, 9.17) is 9.47 Å². The number of amides is 1. The van der Waals surface area contributed by atoms with E-state index >= 15 is 0 Å². The first-order chi connectivity index (χ1) is 10.7. The Kier molecular flexibility index (Phi) is 5.97. The smallest absolute Gasteiger partial charge is 0.277 e. The first kappa shape index (κ1) is 16.0. The van der Waals surface area contributed by atoms with Crippen molar-refractivity contribution in [3.8, 4) is 11.5 Å². The van der Waals surface area contributed by atoms with Crippen molar-refractivity contribution in [2.24, 2.45) is 5.10 Å². The first-order valence-electron chi connectivity index (χ1n) is 6.52. The maximum Gasteiger partial charge on any atom is 0.277 e. The Morgan fingerprint density at radius 1 is 1.14 bits per heavy atom. The average molecular weight is 363 g/mol. The van der Waals surface area contributed by atoms with Crippen LogP contribution in [0.3, 0.4) is 0 Å². The van der Waals surface area contributed by atoms with Gasteiger partial charge in [0.1, 0.15) is 11.5 Å². The highest BCUT2D eigenvalue weighted by Gasteiger charge is 2.01. The SMILES string of the molecule is COc1ccc(/C=N/NC(=O)COc2ccc(Br)cc2)cc1. The van der Waals surface area contributed by atoms with Crippen LogP contribution in [0.4, 0.5) is 0 Å². The highest BCUT2D eigenvalue weighted by molar-refractivity contribution is 9.10. The molecule has 1 N–H and O–H groups in total. The molecule has 114 valence electrons. The molecule has 0 aliphatic rings. The second-order valence-corrected chi connectivity index (χ2v) is 5.22. The summed E-state index contributed by atoms with van der Waals surface area (Å²) in [5.74, 6) is 1.06. The van der Waals surface area contributed by atoms with Crippen molar-refractivity contribution in [2.45, 2.75) is 0 Å². The molecular weight excluding hydrogens is 348 g/mol. The lowest BCUT2D eigenvalue weighted by atomic mass is 10.2. The molecule has 0 radical (unpaired) electrons. The number of carbonyl (C=O) groups excluding carboxylic acids is 1. The fraction of sp³-hybridized carbons (Fsp3) is 0.125. The number of hydrogen-bond acceptors (Lipinski definition) is 4. The number of nitrogens with one attached hydrogen (secondary N) is 1. The quantitative estimate of drug-likeness (QED) is 0.634. The Labute approximate surface area is 137 Å². The average Bonchev–Trinajstić information content (AvgIpc) is 2.55. The van der Waals surface area contributed by atoms with Gasteiger partial charge in [0.05, 0.1) is 13.3 Å². The minimum absolute atomic E-state index is 0.0956. The number of hydrazone groups is 1. The Morgan fingerprint density at radius 2 is 1.77 bits per heavy atom. The number of halogens is 1. The first-order valence-corrected chi connectivity index (χ1v) is 7.31. The van der Waals surface area contributed by atoms with E-state index < -0.39 is 0 Å². The molecule has 0 heterocycles.